The normalized spacial score (nSPS) is 13.0. The Balaban J connectivity index is 2.42. The van der Waals surface area contributed by atoms with Gasteiger partial charge in [0.05, 0.1) is 22.6 Å². The molecule has 0 saturated heterocycles. The Bertz CT molecular complexity index is 725. The van der Waals surface area contributed by atoms with E-state index in [9.17, 15) is 4.21 Å². The van der Waals surface area contributed by atoms with E-state index in [1.165, 1.54) is 0 Å². The summed E-state index contributed by atoms with van der Waals surface area (Å²) in [6.45, 7) is 0. The van der Waals surface area contributed by atoms with Gasteiger partial charge >= 0.3 is 0 Å². The number of nitrogens with zero attached hydrogens (tertiary/aromatic N) is 2. The molecule has 1 unspecified atom stereocenters. The van der Waals surface area contributed by atoms with Gasteiger partial charge in [-0.05, 0) is 29.8 Å². The number of hydrogen-bond donors (Lipinski definition) is 0. The van der Waals surface area contributed by atoms with Crippen molar-refractivity contribution < 1.29 is 8.95 Å². The number of hydrogen-bond acceptors (Lipinski definition) is 4. The fraction of sp³-hybridized carbons (Fsp3) is 0.133. The molecule has 2 rings (SSSR count). The molecule has 0 radical (unpaired) electrons. The average Bonchev–Trinajstić information content (AvgIpc) is 2.48. The first kappa shape index (κ1) is 14.1. The summed E-state index contributed by atoms with van der Waals surface area (Å²) in [7, 11) is -1.22. The molecule has 0 amide bonds. The quantitative estimate of drug-likeness (QED) is 0.811. The second-order valence-electron chi connectivity index (χ2n) is 4.14. The van der Waals surface area contributed by atoms with Crippen molar-refractivity contribution >= 4 is 9.73 Å². The summed E-state index contributed by atoms with van der Waals surface area (Å²) in [5.41, 5.74) is 0.882. The maximum Gasteiger partial charge on any atom is 0.214 e. The second-order valence-corrected chi connectivity index (χ2v) is 6.36. The van der Waals surface area contributed by atoms with Gasteiger partial charge in [0, 0.05) is 4.90 Å². The Kier molecular flexibility index (Phi) is 4.38. The Morgan fingerprint density at radius 1 is 1.15 bits per heavy atom. The zero-order valence-electron chi connectivity index (χ0n) is 11.0. The summed E-state index contributed by atoms with van der Waals surface area (Å²) in [6, 6.07) is 16.2. The topological polar surface area (TPSA) is 62.4 Å². The molecule has 0 fully saturated rings. The molecular formula is C15H14N2O2S. The van der Waals surface area contributed by atoms with E-state index in [1.807, 2.05) is 30.3 Å². The van der Waals surface area contributed by atoms with E-state index in [1.54, 1.807) is 37.6 Å². The first-order valence-corrected chi connectivity index (χ1v) is 7.67. The first-order valence-electron chi connectivity index (χ1n) is 5.99. The molecule has 20 heavy (non-hydrogen) atoms. The lowest BCUT2D eigenvalue weighted by atomic mass is 10.2. The summed E-state index contributed by atoms with van der Waals surface area (Å²) < 4.78 is 21.7. The second kappa shape index (κ2) is 6.22. The third-order valence-corrected chi connectivity index (χ3v) is 4.93. The van der Waals surface area contributed by atoms with E-state index in [2.05, 4.69) is 4.36 Å². The zero-order valence-corrected chi connectivity index (χ0v) is 11.8. The van der Waals surface area contributed by atoms with Crippen molar-refractivity contribution in [3.05, 3.63) is 60.2 Å². The van der Waals surface area contributed by atoms with Crippen LogP contribution in [0.5, 0.6) is 5.75 Å². The maximum atomic E-state index is 12.9. The van der Waals surface area contributed by atoms with Gasteiger partial charge < -0.3 is 4.74 Å². The van der Waals surface area contributed by atoms with Crippen molar-refractivity contribution in [3.63, 3.8) is 0 Å². The van der Waals surface area contributed by atoms with Crippen LogP contribution in [-0.4, -0.2) is 11.3 Å². The standard InChI is InChI=1S/C15H14N2O2S/c1-19-14-7-9-15(10-8-14)20(18,17-12-16)11-13-5-3-2-4-6-13/h2-10H,11H2,1H3. The lowest BCUT2D eigenvalue weighted by Gasteiger charge is -2.09. The lowest BCUT2D eigenvalue weighted by Crippen LogP contribution is -2.04. The number of benzene rings is 2. The van der Waals surface area contributed by atoms with Gasteiger partial charge in [0.2, 0.25) is 6.19 Å². The Hall–Kier alpha value is -2.32. The summed E-state index contributed by atoms with van der Waals surface area (Å²) in [4.78, 5) is 0.531. The third kappa shape index (κ3) is 3.16. The Labute approximate surface area is 118 Å². The van der Waals surface area contributed by atoms with Crippen LogP contribution in [0.25, 0.3) is 0 Å². The van der Waals surface area contributed by atoms with Gasteiger partial charge in [-0.2, -0.15) is 5.26 Å². The van der Waals surface area contributed by atoms with Crippen LogP contribution in [0.1, 0.15) is 5.56 Å². The van der Waals surface area contributed by atoms with Gasteiger partial charge in [0.15, 0.2) is 0 Å². The van der Waals surface area contributed by atoms with Crippen molar-refractivity contribution in [1.29, 1.82) is 5.26 Å². The van der Waals surface area contributed by atoms with Crippen LogP contribution in [0.4, 0.5) is 0 Å². The average molecular weight is 286 g/mol. The number of ether oxygens (including phenoxy) is 1. The van der Waals surface area contributed by atoms with E-state index < -0.39 is 9.73 Å². The van der Waals surface area contributed by atoms with E-state index in [0.29, 0.717) is 10.6 Å². The van der Waals surface area contributed by atoms with Crippen LogP contribution >= 0.6 is 0 Å². The number of methoxy groups -OCH3 is 1. The molecule has 0 heterocycles. The highest BCUT2D eigenvalue weighted by atomic mass is 32.2. The van der Waals surface area contributed by atoms with Crippen molar-refractivity contribution in [1.82, 2.24) is 0 Å². The fourth-order valence-electron chi connectivity index (χ4n) is 1.82. The Morgan fingerprint density at radius 3 is 2.35 bits per heavy atom. The van der Waals surface area contributed by atoms with E-state index in [-0.39, 0.29) is 5.75 Å². The molecule has 0 aliphatic carbocycles. The van der Waals surface area contributed by atoms with Crippen molar-refractivity contribution in [2.24, 2.45) is 4.36 Å². The van der Waals surface area contributed by atoms with Gasteiger partial charge in [-0.25, -0.2) is 4.21 Å². The van der Waals surface area contributed by atoms with E-state index in [0.717, 1.165) is 5.56 Å². The lowest BCUT2D eigenvalue weighted by molar-refractivity contribution is 0.414. The van der Waals surface area contributed by atoms with Crippen LogP contribution in [0.3, 0.4) is 0 Å². The number of rotatable bonds is 4. The fourth-order valence-corrected chi connectivity index (χ4v) is 3.50. The highest BCUT2D eigenvalue weighted by Gasteiger charge is 2.14. The minimum Gasteiger partial charge on any atom is -0.497 e. The van der Waals surface area contributed by atoms with Crippen LogP contribution in [0.2, 0.25) is 0 Å². The third-order valence-electron chi connectivity index (χ3n) is 2.82. The summed E-state index contributed by atoms with van der Waals surface area (Å²) >= 11 is 0. The zero-order chi connectivity index (χ0) is 14.4. The molecule has 4 nitrogen and oxygen atoms in total. The van der Waals surface area contributed by atoms with Crippen LogP contribution in [0.15, 0.2) is 63.9 Å². The van der Waals surface area contributed by atoms with Crippen LogP contribution in [0, 0.1) is 11.5 Å². The summed E-state index contributed by atoms with van der Waals surface area (Å²) in [5.74, 6) is 0.889. The smallest absolute Gasteiger partial charge is 0.214 e. The molecule has 0 aliphatic heterocycles. The molecule has 5 heteroatoms. The SMILES string of the molecule is COc1ccc(S(=O)(Cc2ccccc2)=NC#N)cc1. The molecule has 0 aromatic heterocycles. The monoisotopic (exact) mass is 286 g/mol. The van der Waals surface area contributed by atoms with Gasteiger partial charge in [0.25, 0.3) is 0 Å². The molecule has 2 aromatic carbocycles. The molecule has 0 bridgehead atoms. The van der Waals surface area contributed by atoms with Crippen LogP contribution in [-0.2, 0) is 15.5 Å². The summed E-state index contributed by atoms with van der Waals surface area (Å²) in [5, 5.41) is 8.82. The predicted octanol–water partition coefficient (Wildman–Crippen LogP) is 3.20. The molecule has 0 saturated carbocycles. The first-order chi connectivity index (χ1) is 9.68. The van der Waals surface area contributed by atoms with Crippen LogP contribution < -0.4 is 4.74 Å². The molecule has 2 aromatic rings. The minimum atomic E-state index is -2.79. The predicted molar refractivity (Wildman–Crippen MR) is 77.6 cm³/mol. The maximum absolute atomic E-state index is 12.9. The highest BCUT2D eigenvalue weighted by Crippen LogP contribution is 2.21. The molecule has 0 spiro atoms. The van der Waals surface area contributed by atoms with Crippen molar-refractivity contribution in [2.75, 3.05) is 7.11 Å². The van der Waals surface area contributed by atoms with E-state index >= 15 is 0 Å². The largest absolute Gasteiger partial charge is 0.497 e. The van der Waals surface area contributed by atoms with Gasteiger partial charge in [-0.15, -0.1) is 4.36 Å². The number of nitriles is 1. The molecule has 102 valence electrons. The Morgan fingerprint density at radius 2 is 1.80 bits per heavy atom. The van der Waals surface area contributed by atoms with E-state index in [4.69, 9.17) is 10.00 Å². The molecule has 1 atom stereocenters. The van der Waals surface area contributed by atoms with Gasteiger partial charge in [-0.1, -0.05) is 30.3 Å². The molecule has 0 aliphatic rings. The molecular weight excluding hydrogens is 272 g/mol. The molecule has 0 N–H and O–H groups in total. The summed E-state index contributed by atoms with van der Waals surface area (Å²) in [6.07, 6.45) is 1.67. The van der Waals surface area contributed by atoms with Crippen molar-refractivity contribution in [2.45, 2.75) is 10.6 Å². The highest BCUT2D eigenvalue weighted by molar-refractivity contribution is 7.93. The van der Waals surface area contributed by atoms with Crippen molar-refractivity contribution in [3.8, 4) is 11.9 Å². The van der Waals surface area contributed by atoms with Gasteiger partial charge in [0.1, 0.15) is 5.75 Å². The van der Waals surface area contributed by atoms with Gasteiger partial charge in [-0.3, -0.25) is 0 Å². The minimum absolute atomic E-state index is 0.216.